The number of aromatic nitrogens is 1. The van der Waals surface area contributed by atoms with Crippen LogP contribution in [0.3, 0.4) is 0 Å². The number of piperazine rings is 1. The molecule has 0 unspecified atom stereocenters. The summed E-state index contributed by atoms with van der Waals surface area (Å²) in [5, 5.41) is 13.2. The van der Waals surface area contributed by atoms with Crippen molar-refractivity contribution in [3.63, 3.8) is 0 Å². The summed E-state index contributed by atoms with van der Waals surface area (Å²) in [5.41, 5.74) is 3.15. The number of pyridine rings is 1. The number of anilines is 2. The fourth-order valence-electron chi connectivity index (χ4n) is 4.98. The fraction of sp³-hybridized carbons (Fsp3) is 0.360. The van der Waals surface area contributed by atoms with Crippen LogP contribution >= 0.6 is 0 Å². The highest BCUT2D eigenvalue weighted by Gasteiger charge is 2.24. The maximum Gasteiger partial charge on any atom is 0.253 e. The van der Waals surface area contributed by atoms with Crippen LogP contribution in [0.5, 0.6) is 5.75 Å². The molecule has 7 nitrogen and oxygen atoms in total. The van der Waals surface area contributed by atoms with Crippen molar-refractivity contribution in [1.82, 2.24) is 9.88 Å². The van der Waals surface area contributed by atoms with Crippen molar-refractivity contribution in [2.45, 2.75) is 19.4 Å². The highest BCUT2D eigenvalue weighted by Crippen LogP contribution is 2.36. The zero-order valence-corrected chi connectivity index (χ0v) is 18.9. The first-order chi connectivity index (χ1) is 16.5. The monoisotopic (exact) mass is 465 g/mol. The van der Waals surface area contributed by atoms with Crippen molar-refractivity contribution in [1.29, 1.82) is 5.26 Å². The highest BCUT2D eigenvalue weighted by atomic mass is 19.1. The lowest BCUT2D eigenvalue weighted by molar-refractivity contribution is 0.248. The number of fused-ring (bicyclic) bond motifs is 3. The Morgan fingerprint density at radius 3 is 2.53 bits per heavy atom. The number of benzene rings is 2. The van der Waals surface area contributed by atoms with Gasteiger partial charge in [0.1, 0.15) is 11.4 Å². The van der Waals surface area contributed by atoms with Gasteiger partial charge in [0.05, 0.1) is 35.3 Å². The Morgan fingerprint density at radius 2 is 1.85 bits per heavy atom. The Labute approximate surface area is 195 Å². The Balaban J connectivity index is 1.36. The van der Waals surface area contributed by atoms with Crippen molar-refractivity contribution >= 4 is 22.3 Å². The Morgan fingerprint density at radius 1 is 1.12 bits per heavy atom. The number of nitrogens with zero attached hydrogens (tertiary/aromatic N) is 3. The molecule has 0 bridgehead atoms. The Kier molecular flexibility index (Phi) is 5.84. The summed E-state index contributed by atoms with van der Waals surface area (Å²) < 4.78 is 34.5. The second kappa shape index (κ2) is 8.95. The molecule has 2 aliphatic heterocycles. The van der Waals surface area contributed by atoms with E-state index in [2.05, 4.69) is 15.2 Å². The van der Waals surface area contributed by atoms with E-state index in [1.807, 2.05) is 12.1 Å². The Hall–Kier alpha value is -3.64. The molecule has 2 aliphatic rings. The van der Waals surface area contributed by atoms with Gasteiger partial charge in [0.15, 0.2) is 11.6 Å². The first-order valence-corrected chi connectivity index (χ1v) is 11.3. The number of ether oxygens (including phenoxy) is 1. The summed E-state index contributed by atoms with van der Waals surface area (Å²) in [6.45, 7) is 3.58. The van der Waals surface area contributed by atoms with E-state index < -0.39 is 11.6 Å². The first kappa shape index (κ1) is 22.2. The van der Waals surface area contributed by atoms with E-state index in [1.54, 1.807) is 18.1 Å². The van der Waals surface area contributed by atoms with Gasteiger partial charge in [0.2, 0.25) is 0 Å². The third-order valence-corrected chi connectivity index (χ3v) is 6.60. The molecule has 176 valence electrons. The lowest BCUT2D eigenvalue weighted by atomic mass is 9.99. The van der Waals surface area contributed by atoms with Crippen LogP contribution in [-0.2, 0) is 13.0 Å². The summed E-state index contributed by atoms with van der Waals surface area (Å²) in [5.74, 6) is -0.731. The van der Waals surface area contributed by atoms with E-state index in [1.165, 1.54) is 0 Å². The van der Waals surface area contributed by atoms with Crippen LogP contribution in [0.2, 0.25) is 0 Å². The first-order valence-electron chi connectivity index (χ1n) is 11.3. The normalized spacial score (nSPS) is 16.1. The van der Waals surface area contributed by atoms with E-state index in [4.69, 9.17) is 10.00 Å². The quantitative estimate of drug-likeness (QED) is 0.615. The molecule has 3 heterocycles. The van der Waals surface area contributed by atoms with Gasteiger partial charge >= 0.3 is 0 Å². The van der Waals surface area contributed by atoms with E-state index in [-0.39, 0.29) is 16.8 Å². The molecule has 5 rings (SSSR count). The number of nitrogens with one attached hydrogen (secondary N) is 2. The van der Waals surface area contributed by atoms with E-state index >= 15 is 0 Å². The molecular weight excluding hydrogens is 440 g/mol. The molecule has 0 atom stereocenters. The number of aromatic amines is 1. The molecule has 0 radical (unpaired) electrons. The van der Waals surface area contributed by atoms with E-state index in [0.717, 1.165) is 59.2 Å². The van der Waals surface area contributed by atoms with Crippen LogP contribution in [0.15, 0.2) is 29.1 Å². The van der Waals surface area contributed by atoms with Gasteiger partial charge in [-0.15, -0.1) is 0 Å². The third kappa shape index (κ3) is 3.94. The average molecular weight is 466 g/mol. The van der Waals surface area contributed by atoms with Crippen LogP contribution in [0.25, 0.3) is 10.9 Å². The van der Waals surface area contributed by atoms with E-state index in [0.29, 0.717) is 38.5 Å². The number of nitriles is 1. The molecule has 1 fully saturated rings. The minimum Gasteiger partial charge on any atom is -0.496 e. The summed E-state index contributed by atoms with van der Waals surface area (Å²) in [6.07, 6.45) is 1.66. The number of hydrogen-bond acceptors (Lipinski definition) is 6. The maximum atomic E-state index is 14.4. The molecule has 34 heavy (non-hydrogen) atoms. The van der Waals surface area contributed by atoms with Crippen LogP contribution in [0.1, 0.15) is 23.1 Å². The fourth-order valence-corrected chi connectivity index (χ4v) is 4.98. The van der Waals surface area contributed by atoms with Gasteiger partial charge in [-0.2, -0.15) is 5.26 Å². The highest BCUT2D eigenvalue weighted by molar-refractivity contribution is 5.98. The number of hydrogen-bond donors (Lipinski definition) is 2. The average Bonchev–Trinajstić information content (AvgIpc) is 2.84. The number of halogens is 2. The molecule has 3 aromatic rings. The molecular formula is C25H25F2N5O2. The zero-order chi connectivity index (χ0) is 23.8. The van der Waals surface area contributed by atoms with E-state index in [9.17, 15) is 13.6 Å². The van der Waals surface area contributed by atoms with Crippen molar-refractivity contribution < 1.29 is 13.5 Å². The summed E-state index contributed by atoms with van der Waals surface area (Å²) in [4.78, 5) is 19.5. The molecule has 2 aromatic carbocycles. The molecule has 0 amide bonds. The molecule has 0 spiro atoms. The van der Waals surface area contributed by atoms with Gasteiger partial charge in [-0.1, -0.05) is 0 Å². The van der Waals surface area contributed by atoms with Gasteiger partial charge in [0, 0.05) is 44.8 Å². The second-order valence-corrected chi connectivity index (χ2v) is 8.72. The topological polar surface area (TPSA) is 84.4 Å². The van der Waals surface area contributed by atoms with Crippen LogP contribution in [-0.4, -0.2) is 49.7 Å². The predicted octanol–water partition coefficient (Wildman–Crippen LogP) is 3.37. The van der Waals surface area contributed by atoms with Crippen molar-refractivity contribution in [2.24, 2.45) is 0 Å². The van der Waals surface area contributed by atoms with Gasteiger partial charge in [-0.25, -0.2) is 8.78 Å². The predicted molar refractivity (Wildman–Crippen MR) is 126 cm³/mol. The maximum absolute atomic E-state index is 14.4. The van der Waals surface area contributed by atoms with Gasteiger partial charge in [-0.05, 0) is 42.7 Å². The molecule has 1 saturated heterocycles. The van der Waals surface area contributed by atoms with Crippen molar-refractivity contribution in [3.05, 3.63) is 62.9 Å². The van der Waals surface area contributed by atoms with Gasteiger partial charge < -0.3 is 19.9 Å². The number of H-pyrrole nitrogens is 1. The SMILES string of the molecule is COc1cc(CN2CCN(c3c(F)cc(C#N)cc3F)CC2)cc2[nH]c(=O)c3c(c12)NCCC3. The summed E-state index contributed by atoms with van der Waals surface area (Å²) in [7, 11) is 1.62. The summed E-state index contributed by atoms with van der Waals surface area (Å²) >= 11 is 0. The minimum absolute atomic E-state index is 0.0304. The lowest BCUT2D eigenvalue weighted by Gasteiger charge is -2.36. The van der Waals surface area contributed by atoms with Crippen molar-refractivity contribution in [2.75, 3.05) is 50.1 Å². The second-order valence-electron chi connectivity index (χ2n) is 8.72. The van der Waals surface area contributed by atoms with Crippen LogP contribution in [0.4, 0.5) is 20.2 Å². The largest absolute Gasteiger partial charge is 0.496 e. The van der Waals surface area contributed by atoms with Gasteiger partial charge in [0.25, 0.3) is 5.56 Å². The van der Waals surface area contributed by atoms with Crippen LogP contribution in [0, 0.1) is 23.0 Å². The van der Waals surface area contributed by atoms with Gasteiger partial charge in [-0.3, -0.25) is 9.69 Å². The van der Waals surface area contributed by atoms with Crippen molar-refractivity contribution in [3.8, 4) is 11.8 Å². The molecule has 0 saturated carbocycles. The molecule has 0 aliphatic carbocycles. The number of rotatable bonds is 4. The lowest BCUT2D eigenvalue weighted by Crippen LogP contribution is -2.46. The minimum atomic E-state index is -0.717. The standard InChI is InChI=1S/C25H25F2N5O2/c1-34-21-12-16(11-20-22(21)23-17(25(33)30-20)3-2-4-29-23)14-31-5-7-32(8-6-31)24-18(26)9-15(13-28)10-19(24)27/h9-12,29H,2-8,14H2,1H3,(H,30,33). The molecule has 1 aromatic heterocycles. The van der Waals surface area contributed by atoms with Crippen LogP contribution < -0.4 is 20.5 Å². The summed E-state index contributed by atoms with van der Waals surface area (Å²) in [6, 6.07) is 7.88. The molecule has 2 N–H and O–H groups in total. The third-order valence-electron chi connectivity index (χ3n) is 6.60. The molecule has 9 heteroatoms. The smallest absolute Gasteiger partial charge is 0.253 e. The Bertz CT molecular complexity index is 1330. The zero-order valence-electron chi connectivity index (χ0n) is 18.9. The number of methoxy groups -OCH3 is 1.